The van der Waals surface area contributed by atoms with Crippen molar-refractivity contribution in [3.63, 3.8) is 0 Å². The van der Waals surface area contributed by atoms with E-state index in [0.29, 0.717) is 18.0 Å². The molecule has 0 bridgehead atoms. The Kier molecular flexibility index (Phi) is 8.61. The van der Waals surface area contributed by atoms with E-state index in [0.717, 1.165) is 93.5 Å². The van der Waals surface area contributed by atoms with Crippen LogP contribution in [0.15, 0.2) is 30.5 Å². The summed E-state index contributed by atoms with van der Waals surface area (Å²) < 4.78 is 2.11. The number of unbranched alkanes of at least 4 members (excludes halogenated alkanes) is 1. The second-order valence-electron chi connectivity index (χ2n) is 11.4. The van der Waals surface area contributed by atoms with Crippen molar-refractivity contribution in [1.82, 2.24) is 29.5 Å². The smallest absolute Gasteiger partial charge is 0.224 e. The van der Waals surface area contributed by atoms with E-state index in [1.54, 1.807) is 0 Å². The van der Waals surface area contributed by atoms with Crippen LogP contribution in [0, 0.1) is 0 Å². The standard InChI is InChI=1S/C30H45N7O/c1-5-6-15-31-30-32-20-27-28(34-37(29(27)33-30)25-11-13-26(38)14-12-25)24-9-7-23(8-10-24)22(4)36-18-16-35(17-19-36)21(2)3/h7-10,20-22,25-26,38H,5-6,11-19H2,1-4H3,(H,31,32,33). The molecule has 2 fully saturated rings. The molecule has 8 heteroatoms. The molecule has 8 nitrogen and oxygen atoms in total. The van der Waals surface area contributed by atoms with Crippen molar-refractivity contribution >= 4 is 17.0 Å². The van der Waals surface area contributed by atoms with Gasteiger partial charge in [0.2, 0.25) is 5.95 Å². The zero-order chi connectivity index (χ0) is 26.6. The summed E-state index contributed by atoms with van der Waals surface area (Å²) in [4.78, 5) is 14.7. The number of hydrogen-bond acceptors (Lipinski definition) is 7. The molecule has 2 aromatic heterocycles. The molecule has 3 heterocycles. The fourth-order valence-corrected chi connectivity index (χ4v) is 5.93. The van der Waals surface area contributed by atoms with Crippen LogP contribution >= 0.6 is 0 Å². The molecule has 0 radical (unpaired) electrons. The molecule has 1 unspecified atom stereocenters. The summed E-state index contributed by atoms with van der Waals surface area (Å²) in [5, 5.41) is 19.6. The van der Waals surface area contributed by atoms with Crippen molar-refractivity contribution in [2.75, 3.05) is 38.0 Å². The largest absolute Gasteiger partial charge is 0.393 e. The molecule has 1 atom stereocenters. The SMILES string of the molecule is CCCCNc1ncc2c(-c3ccc(C(C)N4CCN(C(C)C)CC4)cc3)nn(C3CCC(O)CC3)c2n1. The molecule has 38 heavy (non-hydrogen) atoms. The number of piperazine rings is 1. The third-order valence-electron chi connectivity index (χ3n) is 8.57. The third kappa shape index (κ3) is 5.87. The van der Waals surface area contributed by atoms with Crippen LogP contribution in [0.25, 0.3) is 22.3 Å². The highest BCUT2D eigenvalue weighted by Gasteiger charge is 2.26. The maximum Gasteiger partial charge on any atom is 0.224 e. The monoisotopic (exact) mass is 519 g/mol. The van der Waals surface area contributed by atoms with Gasteiger partial charge in [0.05, 0.1) is 17.5 Å². The van der Waals surface area contributed by atoms with Crippen LogP contribution in [0.4, 0.5) is 5.95 Å². The topological polar surface area (TPSA) is 82.3 Å². The highest BCUT2D eigenvalue weighted by molar-refractivity contribution is 5.91. The van der Waals surface area contributed by atoms with Gasteiger partial charge in [-0.1, -0.05) is 37.6 Å². The van der Waals surface area contributed by atoms with Gasteiger partial charge in [0, 0.05) is 56.6 Å². The molecule has 206 valence electrons. The predicted molar refractivity (Wildman–Crippen MR) is 154 cm³/mol. The molecule has 1 saturated carbocycles. The van der Waals surface area contributed by atoms with Gasteiger partial charge in [-0.3, -0.25) is 9.80 Å². The van der Waals surface area contributed by atoms with Crippen molar-refractivity contribution in [2.45, 2.75) is 90.4 Å². The molecule has 2 N–H and O–H groups in total. The molecule has 0 spiro atoms. The first-order chi connectivity index (χ1) is 18.4. The van der Waals surface area contributed by atoms with Gasteiger partial charge in [-0.15, -0.1) is 0 Å². The summed E-state index contributed by atoms with van der Waals surface area (Å²) in [5.74, 6) is 0.663. The minimum atomic E-state index is -0.198. The number of aliphatic hydroxyl groups excluding tert-OH is 1. The lowest BCUT2D eigenvalue weighted by Crippen LogP contribution is -2.49. The van der Waals surface area contributed by atoms with E-state index in [9.17, 15) is 5.11 Å². The van der Waals surface area contributed by atoms with Crippen LogP contribution < -0.4 is 5.32 Å². The lowest BCUT2D eigenvalue weighted by molar-refractivity contribution is 0.0834. The van der Waals surface area contributed by atoms with Crippen molar-refractivity contribution in [2.24, 2.45) is 0 Å². The van der Waals surface area contributed by atoms with Gasteiger partial charge >= 0.3 is 0 Å². The van der Waals surface area contributed by atoms with Crippen LogP contribution in [0.3, 0.4) is 0 Å². The molecule has 0 amide bonds. The third-order valence-corrected chi connectivity index (χ3v) is 8.57. The average molecular weight is 520 g/mol. The van der Waals surface area contributed by atoms with E-state index in [2.05, 4.69) is 76.7 Å². The Bertz CT molecular complexity index is 1180. The van der Waals surface area contributed by atoms with E-state index >= 15 is 0 Å². The Labute approximate surface area is 227 Å². The Morgan fingerprint density at radius 3 is 2.32 bits per heavy atom. The minimum absolute atomic E-state index is 0.198. The summed E-state index contributed by atoms with van der Waals surface area (Å²) in [6.07, 6.45) is 7.41. The summed E-state index contributed by atoms with van der Waals surface area (Å²) in [6, 6.07) is 10.2. The first-order valence-electron chi connectivity index (χ1n) is 14.7. The van der Waals surface area contributed by atoms with E-state index in [-0.39, 0.29) is 12.1 Å². The van der Waals surface area contributed by atoms with Crippen molar-refractivity contribution < 1.29 is 5.11 Å². The Balaban J connectivity index is 1.39. The van der Waals surface area contributed by atoms with Crippen LogP contribution in [0.5, 0.6) is 0 Å². The highest BCUT2D eigenvalue weighted by atomic mass is 16.3. The number of aliphatic hydroxyl groups is 1. The van der Waals surface area contributed by atoms with Crippen LogP contribution in [-0.2, 0) is 0 Å². The summed E-state index contributed by atoms with van der Waals surface area (Å²) in [5.41, 5.74) is 4.27. The molecule has 3 aromatic rings. The number of rotatable bonds is 9. The molecule has 2 aliphatic rings. The number of nitrogens with zero attached hydrogens (tertiary/aromatic N) is 6. The molecular weight excluding hydrogens is 474 g/mol. The normalized spacial score (nSPS) is 22.3. The van der Waals surface area contributed by atoms with Crippen LogP contribution in [0.2, 0.25) is 0 Å². The maximum atomic E-state index is 10.1. The van der Waals surface area contributed by atoms with Gasteiger partial charge < -0.3 is 10.4 Å². The summed E-state index contributed by atoms with van der Waals surface area (Å²) in [7, 11) is 0. The number of aromatic nitrogens is 4. The zero-order valence-corrected chi connectivity index (χ0v) is 23.6. The van der Waals surface area contributed by atoms with Crippen LogP contribution in [-0.4, -0.2) is 79.5 Å². The zero-order valence-electron chi connectivity index (χ0n) is 23.6. The number of nitrogens with one attached hydrogen (secondary N) is 1. The van der Waals surface area contributed by atoms with Crippen LogP contribution in [0.1, 0.15) is 83.9 Å². The number of hydrogen-bond donors (Lipinski definition) is 2. The highest BCUT2D eigenvalue weighted by Crippen LogP contribution is 2.35. The Morgan fingerprint density at radius 2 is 1.66 bits per heavy atom. The van der Waals surface area contributed by atoms with E-state index in [1.165, 1.54) is 5.56 Å². The fraction of sp³-hybridized carbons (Fsp3) is 0.633. The second kappa shape index (κ2) is 12.1. The lowest BCUT2D eigenvalue weighted by Gasteiger charge is -2.40. The molecular formula is C30H45N7O. The molecule has 1 aliphatic heterocycles. The summed E-state index contributed by atoms with van der Waals surface area (Å²) >= 11 is 0. The minimum Gasteiger partial charge on any atom is -0.393 e. The first kappa shape index (κ1) is 27.0. The Hall–Kier alpha value is -2.55. The predicted octanol–water partition coefficient (Wildman–Crippen LogP) is 5.27. The van der Waals surface area contributed by atoms with Gasteiger partial charge in [0.15, 0.2) is 5.65 Å². The Morgan fingerprint density at radius 1 is 0.974 bits per heavy atom. The molecule has 1 saturated heterocycles. The van der Waals surface area contributed by atoms with Gasteiger partial charge in [0.25, 0.3) is 0 Å². The molecule has 5 rings (SSSR count). The van der Waals surface area contributed by atoms with E-state index < -0.39 is 0 Å². The number of anilines is 1. The second-order valence-corrected chi connectivity index (χ2v) is 11.4. The average Bonchev–Trinajstić information content (AvgIpc) is 3.32. The fourth-order valence-electron chi connectivity index (χ4n) is 5.93. The van der Waals surface area contributed by atoms with Gasteiger partial charge in [-0.2, -0.15) is 10.1 Å². The van der Waals surface area contributed by atoms with Gasteiger partial charge in [0.1, 0.15) is 5.69 Å². The lowest BCUT2D eigenvalue weighted by atomic mass is 9.93. The number of fused-ring (bicyclic) bond motifs is 1. The number of benzene rings is 1. The van der Waals surface area contributed by atoms with E-state index in [4.69, 9.17) is 10.1 Å². The van der Waals surface area contributed by atoms with Crippen molar-refractivity contribution in [3.05, 3.63) is 36.0 Å². The van der Waals surface area contributed by atoms with Gasteiger partial charge in [-0.25, -0.2) is 9.67 Å². The quantitative estimate of drug-likeness (QED) is 0.373. The molecule has 1 aromatic carbocycles. The first-order valence-corrected chi connectivity index (χ1v) is 14.7. The maximum absolute atomic E-state index is 10.1. The van der Waals surface area contributed by atoms with Gasteiger partial charge in [-0.05, 0) is 58.4 Å². The van der Waals surface area contributed by atoms with Crippen molar-refractivity contribution in [3.8, 4) is 11.3 Å². The van der Waals surface area contributed by atoms with E-state index in [1.807, 2.05) is 6.20 Å². The summed E-state index contributed by atoms with van der Waals surface area (Å²) in [6.45, 7) is 14.4. The molecule has 1 aliphatic carbocycles. The van der Waals surface area contributed by atoms with Crippen molar-refractivity contribution in [1.29, 1.82) is 0 Å².